The van der Waals surface area contributed by atoms with Crippen molar-refractivity contribution in [1.29, 1.82) is 0 Å². The van der Waals surface area contributed by atoms with E-state index in [1.54, 1.807) is 7.11 Å². The van der Waals surface area contributed by atoms with Crippen molar-refractivity contribution in [2.45, 2.75) is 32.1 Å². The fourth-order valence-corrected chi connectivity index (χ4v) is 3.50. The molecular weight excluding hydrogens is 248 g/mol. The maximum absolute atomic E-state index is 5.23. The molecule has 0 aromatic heterocycles. The zero-order valence-corrected chi connectivity index (χ0v) is 13.1. The molecule has 1 aromatic carbocycles. The minimum atomic E-state index is 0.432. The van der Waals surface area contributed by atoms with Gasteiger partial charge in [0, 0.05) is 31.2 Å². The van der Waals surface area contributed by atoms with Gasteiger partial charge >= 0.3 is 0 Å². The van der Waals surface area contributed by atoms with Gasteiger partial charge in [0.25, 0.3) is 0 Å². The van der Waals surface area contributed by atoms with Gasteiger partial charge in [-0.25, -0.2) is 0 Å². The van der Waals surface area contributed by atoms with Crippen LogP contribution in [0.15, 0.2) is 24.3 Å². The van der Waals surface area contributed by atoms with Gasteiger partial charge < -0.3 is 15.0 Å². The predicted octanol–water partition coefficient (Wildman–Crippen LogP) is 3.30. The minimum absolute atomic E-state index is 0.432. The van der Waals surface area contributed by atoms with Crippen molar-refractivity contribution >= 4 is 5.69 Å². The van der Waals surface area contributed by atoms with Crippen LogP contribution < -0.4 is 15.0 Å². The number of hydrogen-bond donors (Lipinski definition) is 1. The molecule has 0 spiro atoms. The number of hydrogen-bond acceptors (Lipinski definition) is 3. The summed E-state index contributed by atoms with van der Waals surface area (Å²) in [6.07, 6.45) is 6.83. The molecule has 3 nitrogen and oxygen atoms in total. The molecule has 1 aliphatic carbocycles. The molecule has 1 aromatic rings. The van der Waals surface area contributed by atoms with Crippen molar-refractivity contribution in [3.8, 4) is 5.75 Å². The standard InChI is InChI=1S/C17H28N2O/c1-18-13-17(11-5-4-6-12-17)14-19(2)15-7-9-16(20-3)10-8-15/h7-10,18H,4-6,11-14H2,1-3H3. The second kappa shape index (κ2) is 6.98. The second-order valence-electron chi connectivity index (χ2n) is 6.15. The smallest absolute Gasteiger partial charge is 0.119 e. The van der Waals surface area contributed by atoms with Gasteiger partial charge in [-0.15, -0.1) is 0 Å². The predicted molar refractivity (Wildman–Crippen MR) is 85.7 cm³/mol. The summed E-state index contributed by atoms with van der Waals surface area (Å²) in [7, 11) is 5.99. The monoisotopic (exact) mass is 276 g/mol. The Morgan fingerprint density at radius 3 is 2.35 bits per heavy atom. The van der Waals surface area contributed by atoms with Crippen LogP contribution in [-0.2, 0) is 0 Å². The third-order valence-electron chi connectivity index (χ3n) is 4.55. The summed E-state index contributed by atoms with van der Waals surface area (Å²) in [5, 5.41) is 3.41. The molecule has 3 heteroatoms. The van der Waals surface area contributed by atoms with Gasteiger partial charge in [-0.05, 0) is 44.2 Å². The van der Waals surface area contributed by atoms with Crippen LogP contribution in [0, 0.1) is 5.41 Å². The first kappa shape index (κ1) is 15.2. The average Bonchev–Trinajstić information content (AvgIpc) is 2.48. The van der Waals surface area contributed by atoms with E-state index in [2.05, 4.69) is 36.4 Å². The number of benzene rings is 1. The van der Waals surface area contributed by atoms with Crippen molar-refractivity contribution in [3.05, 3.63) is 24.3 Å². The summed E-state index contributed by atoms with van der Waals surface area (Å²) in [6.45, 7) is 2.24. The molecule has 0 radical (unpaired) electrons. The summed E-state index contributed by atoms with van der Waals surface area (Å²) in [5.41, 5.74) is 1.70. The van der Waals surface area contributed by atoms with Crippen molar-refractivity contribution in [3.63, 3.8) is 0 Å². The lowest BCUT2D eigenvalue weighted by molar-refractivity contribution is 0.193. The molecule has 20 heavy (non-hydrogen) atoms. The highest BCUT2D eigenvalue weighted by Crippen LogP contribution is 2.37. The van der Waals surface area contributed by atoms with Crippen LogP contribution in [0.5, 0.6) is 5.75 Å². The maximum atomic E-state index is 5.23. The lowest BCUT2D eigenvalue weighted by atomic mass is 9.73. The van der Waals surface area contributed by atoms with E-state index in [0.717, 1.165) is 18.8 Å². The highest BCUT2D eigenvalue weighted by atomic mass is 16.5. The van der Waals surface area contributed by atoms with Gasteiger partial charge in [-0.1, -0.05) is 19.3 Å². The van der Waals surface area contributed by atoms with Crippen LogP contribution in [0.2, 0.25) is 0 Å². The van der Waals surface area contributed by atoms with E-state index in [4.69, 9.17) is 4.74 Å². The van der Waals surface area contributed by atoms with Gasteiger partial charge in [-0.3, -0.25) is 0 Å². The molecule has 0 saturated heterocycles. The molecule has 0 bridgehead atoms. The zero-order valence-electron chi connectivity index (χ0n) is 13.1. The van der Waals surface area contributed by atoms with Crippen LogP contribution in [0.1, 0.15) is 32.1 Å². The Bertz CT molecular complexity index is 390. The average molecular weight is 276 g/mol. The van der Waals surface area contributed by atoms with Crippen LogP contribution >= 0.6 is 0 Å². The highest BCUT2D eigenvalue weighted by molar-refractivity contribution is 5.48. The molecular formula is C17H28N2O. The van der Waals surface area contributed by atoms with E-state index >= 15 is 0 Å². The number of anilines is 1. The van der Waals surface area contributed by atoms with Crippen molar-refractivity contribution < 1.29 is 4.74 Å². The van der Waals surface area contributed by atoms with Crippen LogP contribution in [-0.4, -0.2) is 34.3 Å². The number of ether oxygens (including phenoxy) is 1. The third-order valence-corrected chi connectivity index (χ3v) is 4.55. The Kier molecular flexibility index (Phi) is 5.30. The first-order valence-corrected chi connectivity index (χ1v) is 7.69. The molecule has 112 valence electrons. The SMILES string of the molecule is CNCC1(CN(C)c2ccc(OC)cc2)CCCCC1. The number of rotatable bonds is 6. The maximum Gasteiger partial charge on any atom is 0.119 e. The van der Waals surface area contributed by atoms with E-state index in [1.165, 1.54) is 37.8 Å². The molecule has 0 aliphatic heterocycles. The van der Waals surface area contributed by atoms with Gasteiger partial charge in [0.1, 0.15) is 5.75 Å². The summed E-state index contributed by atoms with van der Waals surface area (Å²) in [5.74, 6) is 0.921. The summed E-state index contributed by atoms with van der Waals surface area (Å²) in [6, 6.07) is 8.37. The van der Waals surface area contributed by atoms with E-state index in [0.29, 0.717) is 5.41 Å². The van der Waals surface area contributed by atoms with Crippen LogP contribution in [0.25, 0.3) is 0 Å². The molecule has 0 unspecified atom stereocenters. The van der Waals surface area contributed by atoms with Crippen molar-refractivity contribution in [1.82, 2.24) is 5.32 Å². The Balaban J connectivity index is 2.04. The number of nitrogens with zero attached hydrogens (tertiary/aromatic N) is 1. The van der Waals surface area contributed by atoms with E-state index in [9.17, 15) is 0 Å². The van der Waals surface area contributed by atoms with Crippen LogP contribution in [0.3, 0.4) is 0 Å². The normalized spacial score (nSPS) is 17.8. The zero-order chi connectivity index (χ0) is 14.4. The molecule has 1 saturated carbocycles. The molecule has 1 N–H and O–H groups in total. The van der Waals surface area contributed by atoms with E-state index in [1.807, 2.05) is 12.1 Å². The fraction of sp³-hybridized carbons (Fsp3) is 0.647. The molecule has 0 atom stereocenters. The Morgan fingerprint density at radius 1 is 1.15 bits per heavy atom. The van der Waals surface area contributed by atoms with E-state index < -0.39 is 0 Å². The topological polar surface area (TPSA) is 24.5 Å². The van der Waals surface area contributed by atoms with Gasteiger partial charge in [0.2, 0.25) is 0 Å². The number of nitrogens with one attached hydrogen (secondary N) is 1. The quantitative estimate of drug-likeness (QED) is 0.863. The van der Waals surface area contributed by atoms with Crippen LogP contribution in [0.4, 0.5) is 5.69 Å². The minimum Gasteiger partial charge on any atom is -0.497 e. The second-order valence-corrected chi connectivity index (χ2v) is 6.15. The molecule has 1 aliphatic rings. The highest BCUT2D eigenvalue weighted by Gasteiger charge is 2.32. The Hall–Kier alpha value is -1.22. The lowest BCUT2D eigenvalue weighted by Crippen LogP contribution is -2.43. The number of methoxy groups -OCH3 is 1. The molecule has 2 rings (SSSR count). The summed E-state index contributed by atoms with van der Waals surface area (Å²) in [4.78, 5) is 2.39. The Morgan fingerprint density at radius 2 is 1.80 bits per heavy atom. The largest absolute Gasteiger partial charge is 0.497 e. The Labute approximate surface area is 123 Å². The lowest BCUT2D eigenvalue weighted by Gasteiger charge is -2.41. The molecule has 0 amide bonds. The van der Waals surface area contributed by atoms with Crippen molar-refractivity contribution in [2.24, 2.45) is 5.41 Å². The van der Waals surface area contributed by atoms with Gasteiger partial charge in [0.15, 0.2) is 0 Å². The summed E-state index contributed by atoms with van der Waals surface area (Å²) < 4.78 is 5.23. The first-order chi connectivity index (χ1) is 9.69. The summed E-state index contributed by atoms with van der Waals surface area (Å²) >= 11 is 0. The van der Waals surface area contributed by atoms with Crippen molar-refractivity contribution in [2.75, 3.05) is 39.2 Å². The van der Waals surface area contributed by atoms with Gasteiger partial charge in [-0.2, -0.15) is 0 Å². The van der Waals surface area contributed by atoms with E-state index in [-0.39, 0.29) is 0 Å². The van der Waals surface area contributed by atoms with Gasteiger partial charge in [0.05, 0.1) is 7.11 Å². The third kappa shape index (κ3) is 3.66. The molecule has 0 heterocycles. The molecule has 1 fully saturated rings. The fourth-order valence-electron chi connectivity index (χ4n) is 3.50. The first-order valence-electron chi connectivity index (χ1n) is 7.69.